The van der Waals surface area contributed by atoms with E-state index in [1.54, 1.807) is 0 Å². The number of carbonyl (C=O) groups is 1. The van der Waals surface area contributed by atoms with Gasteiger partial charge in [0, 0.05) is 38.6 Å². The minimum atomic E-state index is 0.126. The molecule has 1 fully saturated rings. The number of hydrogen-bond donors (Lipinski definition) is 2. The summed E-state index contributed by atoms with van der Waals surface area (Å²) >= 11 is 0. The fourth-order valence-corrected chi connectivity index (χ4v) is 2.11. The molecule has 1 amide bonds. The van der Waals surface area contributed by atoms with Crippen molar-refractivity contribution in [1.82, 2.24) is 15.5 Å². The van der Waals surface area contributed by atoms with E-state index in [1.807, 2.05) is 6.92 Å². The van der Waals surface area contributed by atoms with Gasteiger partial charge < -0.3 is 15.4 Å². The van der Waals surface area contributed by atoms with Crippen LogP contribution in [0.25, 0.3) is 0 Å². The molecule has 0 spiro atoms. The lowest BCUT2D eigenvalue weighted by Crippen LogP contribution is -2.46. The van der Waals surface area contributed by atoms with Crippen LogP contribution in [0, 0.1) is 0 Å². The Balaban J connectivity index is 2.05. The van der Waals surface area contributed by atoms with Crippen LogP contribution in [-0.4, -0.2) is 62.3 Å². The molecular formula is C14H29N3O2. The molecule has 0 radical (unpaired) electrons. The summed E-state index contributed by atoms with van der Waals surface area (Å²) in [5.41, 5.74) is 0. The fourth-order valence-electron chi connectivity index (χ4n) is 2.11. The summed E-state index contributed by atoms with van der Waals surface area (Å²) in [7, 11) is 0. The first-order chi connectivity index (χ1) is 9.15. The maximum atomic E-state index is 11.6. The molecule has 19 heavy (non-hydrogen) atoms. The number of carbonyl (C=O) groups excluding carboxylic acids is 1. The molecule has 1 aliphatic heterocycles. The summed E-state index contributed by atoms with van der Waals surface area (Å²) < 4.78 is 5.69. The van der Waals surface area contributed by atoms with E-state index in [-0.39, 0.29) is 18.1 Å². The Morgan fingerprint density at radius 1 is 1.47 bits per heavy atom. The van der Waals surface area contributed by atoms with Gasteiger partial charge in [0.05, 0.1) is 12.7 Å². The minimum absolute atomic E-state index is 0.126. The average molecular weight is 271 g/mol. The van der Waals surface area contributed by atoms with Crippen molar-refractivity contribution in [3.05, 3.63) is 0 Å². The van der Waals surface area contributed by atoms with Crippen LogP contribution in [0.3, 0.4) is 0 Å². The highest BCUT2D eigenvalue weighted by molar-refractivity contribution is 5.76. The topological polar surface area (TPSA) is 53.6 Å². The molecule has 2 atom stereocenters. The number of rotatable bonds is 8. The molecule has 1 saturated heterocycles. The van der Waals surface area contributed by atoms with Crippen molar-refractivity contribution >= 4 is 5.91 Å². The number of hydrogen-bond acceptors (Lipinski definition) is 4. The van der Waals surface area contributed by atoms with Crippen molar-refractivity contribution in [1.29, 1.82) is 0 Å². The second kappa shape index (κ2) is 9.28. The highest BCUT2D eigenvalue weighted by Crippen LogP contribution is 2.03. The third-order valence-electron chi connectivity index (χ3n) is 3.59. The molecule has 5 nitrogen and oxygen atoms in total. The van der Waals surface area contributed by atoms with Crippen LogP contribution in [0.4, 0.5) is 0 Å². The van der Waals surface area contributed by atoms with Crippen LogP contribution in [0.5, 0.6) is 0 Å². The Morgan fingerprint density at radius 2 is 2.26 bits per heavy atom. The first kappa shape index (κ1) is 16.4. The molecule has 0 aliphatic carbocycles. The van der Waals surface area contributed by atoms with Crippen LogP contribution in [0.1, 0.15) is 33.6 Å². The molecule has 0 saturated carbocycles. The summed E-state index contributed by atoms with van der Waals surface area (Å²) in [6.45, 7) is 11.7. The molecule has 0 bridgehead atoms. The molecule has 112 valence electrons. The highest BCUT2D eigenvalue weighted by Gasteiger charge is 2.18. The Bertz CT molecular complexity index is 261. The van der Waals surface area contributed by atoms with Crippen LogP contribution < -0.4 is 10.6 Å². The number of nitrogens with zero attached hydrogens (tertiary/aromatic N) is 1. The molecule has 1 rings (SSSR count). The van der Waals surface area contributed by atoms with E-state index in [4.69, 9.17) is 4.74 Å². The molecule has 2 N–H and O–H groups in total. The maximum Gasteiger partial charge on any atom is 0.221 e. The standard InChI is InChI=1S/C14H29N3O2/c1-4-12(3)16-14(18)6-7-15-10-13-11-17(5-2)8-9-19-13/h12-13,15H,4-11H2,1-3H3,(H,16,18). The number of ether oxygens (including phenoxy) is 1. The van der Waals surface area contributed by atoms with Crippen molar-refractivity contribution in [2.75, 3.05) is 39.3 Å². The lowest BCUT2D eigenvalue weighted by molar-refractivity contribution is -0.121. The van der Waals surface area contributed by atoms with E-state index >= 15 is 0 Å². The molecule has 1 heterocycles. The molecule has 1 aliphatic rings. The van der Waals surface area contributed by atoms with Crippen LogP contribution >= 0.6 is 0 Å². The van der Waals surface area contributed by atoms with Crippen molar-refractivity contribution in [3.8, 4) is 0 Å². The largest absolute Gasteiger partial charge is 0.374 e. The zero-order chi connectivity index (χ0) is 14.1. The van der Waals surface area contributed by atoms with E-state index in [0.29, 0.717) is 13.0 Å². The number of amides is 1. The second-order valence-electron chi connectivity index (χ2n) is 5.22. The van der Waals surface area contributed by atoms with Crippen LogP contribution in [0.2, 0.25) is 0 Å². The summed E-state index contributed by atoms with van der Waals surface area (Å²) in [6, 6.07) is 0.271. The van der Waals surface area contributed by atoms with E-state index in [2.05, 4.69) is 29.4 Å². The zero-order valence-corrected chi connectivity index (χ0v) is 12.6. The number of likely N-dealkylation sites (N-methyl/N-ethyl adjacent to an activating group) is 1. The van der Waals surface area contributed by atoms with Gasteiger partial charge in [-0.1, -0.05) is 13.8 Å². The molecule has 5 heteroatoms. The molecular weight excluding hydrogens is 242 g/mol. The van der Waals surface area contributed by atoms with Gasteiger partial charge in [-0.25, -0.2) is 0 Å². The summed E-state index contributed by atoms with van der Waals surface area (Å²) in [5.74, 6) is 0.126. The third kappa shape index (κ3) is 6.89. The second-order valence-corrected chi connectivity index (χ2v) is 5.22. The SMILES string of the molecule is CCC(C)NC(=O)CCNCC1CN(CC)CCO1. The molecule has 0 aromatic carbocycles. The van der Waals surface area contributed by atoms with E-state index in [0.717, 1.165) is 39.2 Å². The van der Waals surface area contributed by atoms with Crippen molar-refractivity contribution in [3.63, 3.8) is 0 Å². The number of morpholine rings is 1. The lowest BCUT2D eigenvalue weighted by Gasteiger charge is -2.32. The van der Waals surface area contributed by atoms with Crippen LogP contribution in [-0.2, 0) is 9.53 Å². The van der Waals surface area contributed by atoms with E-state index in [9.17, 15) is 4.79 Å². The van der Waals surface area contributed by atoms with Gasteiger partial charge in [-0.05, 0) is 19.9 Å². The van der Waals surface area contributed by atoms with Crippen molar-refractivity contribution in [2.24, 2.45) is 0 Å². The first-order valence-corrected chi connectivity index (χ1v) is 7.49. The smallest absolute Gasteiger partial charge is 0.221 e. The predicted molar refractivity (Wildman–Crippen MR) is 77.2 cm³/mol. The Morgan fingerprint density at radius 3 is 2.95 bits per heavy atom. The Hall–Kier alpha value is -0.650. The Labute approximate surface area is 117 Å². The van der Waals surface area contributed by atoms with Gasteiger partial charge in [-0.15, -0.1) is 0 Å². The van der Waals surface area contributed by atoms with Gasteiger partial charge in [-0.2, -0.15) is 0 Å². The van der Waals surface area contributed by atoms with Crippen molar-refractivity contribution < 1.29 is 9.53 Å². The highest BCUT2D eigenvalue weighted by atomic mass is 16.5. The average Bonchev–Trinajstić information content (AvgIpc) is 2.43. The summed E-state index contributed by atoms with van der Waals surface area (Å²) in [6.07, 6.45) is 1.77. The number of nitrogens with one attached hydrogen (secondary N) is 2. The van der Waals surface area contributed by atoms with Gasteiger partial charge in [0.25, 0.3) is 0 Å². The lowest BCUT2D eigenvalue weighted by atomic mass is 10.2. The first-order valence-electron chi connectivity index (χ1n) is 7.49. The van der Waals surface area contributed by atoms with Crippen LogP contribution in [0.15, 0.2) is 0 Å². The Kier molecular flexibility index (Phi) is 8.02. The van der Waals surface area contributed by atoms with Gasteiger partial charge in [0.2, 0.25) is 5.91 Å². The van der Waals surface area contributed by atoms with Crippen molar-refractivity contribution in [2.45, 2.75) is 45.8 Å². The summed E-state index contributed by atoms with van der Waals surface area (Å²) in [4.78, 5) is 14.0. The third-order valence-corrected chi connectivity index (χ3v) is 3.59. The van der Waals surface area contributed by atoms with E-state index in [1.165, 1.54) is 0 Å². The fraction of sp³-hybridized carbons (Fsp3) is 0.929. The maximum absolute atomic E-state index is 11.6. The predicted octanol–water partition coefficient (Wildman–Crippen LogP) is 0.602. The normalized spacial score (nSPS) is 22.2. The van der Waals surface area contributed by atoms with Gasteiger partial charge >= 0.3 is 0 Å². The van der Waals surface area contributed by atoms with E-state index < -0.39 is 0 Å². The quantitative estimate of drug-likeness (QED) is 0.635. The molecule has 2 unspecified atom stereocenters. The minimum Gasteiger partial charge on any atom is -0.374 e. The zero-order valence-electron chi connectivity index (χ0n) is 12.6. The van der Waals surface area contributed by atoms with Gasteiger partial charge in [0.15, 0.2) is 0 Å². The summed E-state index contributed by atoms with van der Waals surface area (Å²) in [5, 5.41) is 6.28. The monoisotopic (exact) mass is 271 g/mol. The molecule has 0 aromatic rings. The van der Waals surface area contributed by atoms with Gasteiger partial charge in [-0.3, -0.25) is 9.69 Å². The molecule has 0 aromatic heterocycles. The van der Waals surface area contributed by atoms with Gasteiger partial charge in [0.1, 0.15) is 0 Å².